The molecular formula is C24H31NO2. The first kappa shape index (κ1) is 19.6. The first-order chi connectivity index (χ1) is 13.1. The van der Waals surface area contributed by atoms with Crippen LogP contribution in [-0.4, -0.2) is 18.6 Å². The molecule has 1 fully saturated rings. The molecule has 0 bridgehead atoms. The summed E-state index contributed by atoms with van der Waals surface area (Å²) in [7, 11) is 0. The summed E-state index contributed by atoms with van der Waals surface area (Å²) in [5.41, 5.74) is 1.74. The molecule has 2 aromatic carbocycles. The highest BCUT2D eigenvalue weighted by atomic mass is 16.5. The number of para-hydroxylation sites is 2. The molecule has 0 radical (unpaired) electrons. The Morgan fingerprint density at radius 2 is 1.56 bits per heavy atom. The zero-order valence-electron chi connectivity index (χ0n) is 16.7. The van der Waals surface area contributed by atoms with Gasteiger partial charge in [0, 0.05) is 11.4 Å². The van der Waals surface area contributed by atoms with Gasteiger partial charge in [-0.1, -0.05) is 63.6 Å². The Bertz CT molecular complexity index is 674. The predicted octanol–water partition coefficient (Wildman–Crippen LogP) is 5.83. The number of benzene rings is 2. The van der Waals surface area contributed by atoms with Crippen LogP contribution in [0, 0.1) is 17.8 Å². The highest BCUT2D eigenvalue weighted by molar-refractivity contribution is 6.01. The third-order valence-electron chi connectivity index (χ3n) is 5.66. The Labute approximate surface area is 163 Å². The number of amides is 1. The number of carbonyl (C=O) groups excluding carboxylic acids is 1. The zero-order chi connectivity index (χ0) is 19.2. The zero-order valence-corrected chi connectivity index (χ0v) is 16.7. The van der Waals surface area contributed by atoms with Crippen LogP contribution < -0.4 is 4.90 Å². The van der Waals surface area contributed by atoms with E-state index in [4.69, 9.17) is 4.74 Å². The maximum Gasteiger partial charge on any atom is 0.257 e. The van der Waals surface area contributed by atoms with Crippen molar-refractivity contribution in [3.05, 3.63) is 60.7 Å². The van der Waals surface area contributed by atoms with Crippen molar-refractivity contribution in [3.63, 3.8) is 0 Å². The van der Waals surface area contributed by atoms with Crippen LogP contribution in [0.1, 0.15) is 40.0 Å². The summed E-state index contributed by atoms with van der Waals surface area (Å²) in [5, 5.41) is 0. The van der Waals surface area contributed by atoms with Gasteiger partial charge in [0.25, 0.3) is 5.91 Å². The second-order valence-electron chi connectivity index (χ2n) is 8.08. The van der Waals surface area contributed by atoms with Gasteiger partial charge in [0.1, 0.15) is 6.61 Å². The average Bonchev–Trinajstić information content (AvgIpc) is 2.68. The third kappa shape index (κ3) is 4.98. The molecular weight excluding hydrogens is 334 g/mol. The maximum absolute atomic E-state index is 13.1. The summed E-state index contributed by atoms with van der Waals surface area (Å²) in [4.78, 5) is 14.9. The van der Waals surface area contributed by atoms with Gasteiger partial charge < -0.3 is 4.74 Å². The molecule has 3 atom stereocenters. The van der Waals surface area contributed by atoms with Gasteiger partial charge in [-0.2, -0.15) is 0 Å². The van der Waals surface area contributed by atoms with E-state index in [-0.39, 0.29) is 18.6 Å². The molecule has 1 aliphatic carbocycles. The van der Waals surface area contributed by atoms with Gasteiger partial charge in [-0.05, 0) is 54.9 Å². The van der Waals surface area contributed by atoms with Crippen LogP contribution in [-0.2, 0) is 9.53 Å². The first-order valence-electron chi connectivity index (χ1n) is 10.1. The van der Waals surface area contributed by atoms with Crippen molar-refractivity contribution in [2.75, 3.05) is 11.5 Å². The van der Waals surface area contributed by atoms with Gasteiger partial charge in [0.05, 0.1) is 6.10 Å². The molecule has 27 heavy (non-hydrogen) atoms. The Balaban J connectivity index is 1.75. The smallest absolute Gasteiger partial charge is 0.257 e. The van der Waals surface area contributed by atoms with E-state index in [0.29, 0.717) is 17.8 Å². The Hall–Kier alpha value is -2.13. The molecule has 3 nitrogen and oxygen atoms in total. The van der Waals surface area contributed by atoms with Crippen LogP contribution in [0.4, 0.5) is 11.4 Å². The molecule has 2 aromatic rings. The highest BCUT2D eigenvalue weighted by Gasteiger charge is 2.32. The normalized spacial score (nSPS) is 22.6. The maximum atomic E-state index is 13.1. The monoisotopic (exact) mass is 365 g/mol. The van der Waals surface area contributed by atoms with Crippen molar-refractivity contribution in [3.8, 4) is 0 Å². The molecule has 0 aromatic heterocycles. The van der Waals surface area contributed by atoms with Crippen molar-refractivity contribution in [2.45, 2.75) is 46.1 Å². The minimum Gasteiger partial charge on any atom is -0.368 e. The third-order valence-corrected chi connectivity index (χ3v) is 5.66. The molecule has 0 saturated heterocycles. The van der Waals surface area contributed by atoms with Gasteiger partial charge in [-0.3, -0.25) is 9.69 Å². The Kier molecular flexibility index (Phi) is 6.68. The molecule has 0 spiro atoms. The van der Waals surface area contributed by atoms with Crippen molar-refractivity contribution in [1.82, 2.24) is 0 Å². The lowest BCUT2D eigenvalue weighted by Crippen LogP contribution is -2.38. The Morgan fingerprint density at radius 1 is 1.00 bits per heavy atom. The second-order valence-corrected chi connectivity index (χ2v) is 8.08. The van der Waals surface area contributed by atoms with Crippen LogP contribution in [0.5, 0.6) is 0 Å². The first-order valence-corrected chi connectivity index (χ1v) is 10.1. The van der Waals surface area contributed by atoms with E-state index >= 15 is 0 Å². The number of hydrogen-bond donors (Lipinski definition) is 0. The molecule has 0 heterocycles. The minimum atomic E-state index is -0.0202. The lowest BCUT2D eigenvalue weighted by molar-refractivity contribution is -0.128. The Morgan fingerprint density at radius 3 is 2.07 bits per heavy atom. The summed E-state index contributed by atoms with van der Waals surface area (Å²) in [6.45, 7) is 6.93. The fraction of sp³-hybridized carbons (Fsp3) is 0.458. The van der Waals surface area contributed by atoms with Crippen LogP contribution in [0.15, 0.2) is 60.7 Å². The van der Waals surface area contributed by atoms with Crippen LogP contribution in [0.25, 0.3) is 0 Å². The molecule has 0 N–H and O–H groups in total. The lowest BCUT2D eigenvalue weighted by atomic mass is 9.75. The van der Waals surface area contributed by atoms with Crippen LogP contribution in [0.3, 0.4) is 0 Å². The molecule has 0 aliphatic heterocycles. The molecule has 1 aliphatic rings. The largest absolute Gasteiger partial charge is 0.368 e. The molecule has 144 valence electrons. The van der Waals surface area contributed by atoms with Gasteiger partial charge in [0.2, 0.25) is 0 Å². The van der Waals surface area contributed by atoms with E-state index in [2.05, 4.69) is 20.8 Å². The average molecular weight is 366 g/mol. The van der Waals surface area contributed by atoms with Crippen molar-refractivity contribution < 1.29 is 9.53 Å². The molecule has 1 saturated carbocycles. The van der Waals surface area contributed by atoms with Crippen LogP contribution >= 0.6 is 0 Å². The van der Waals surface area contributed by atoms with E-state index in [9.17, 15) is 4.79 Å². The highest BCUT2D eigenvalue weighted by Crippen LogP contribution is 2.35. The summed E-state index contributed by atoms with van der Waals surface area (Å²) in [5.74, 6) is 1.76. The van der Waals surface area contributed by atoms with E-state index in [1.165, 1.54) is 12.8 Å². The van der Waals surface area contributed by atoms with Crippen LogP contribution in [0.2, 0.25) is 0 Å². The van der Waals surface area contributed by atoms with E-state index in [1.54, 1.807) is 4.90 Å². The fourth-order valence-corrected chi connectivity index (χ4v) is 4.14. The number of anilines is 2. The van der Waals surface area contributed by atoms with E-state index in [1.807, 2.05) is 60.7 Å². The minimum absolute atomic E-state index is 0.0202. The number of rotatable bonds is 6. The topological polar surface area (TPSA) is 29.5 Å². The quantitative estimate of drug-likeness (QED) is 0.645. The van der Waals surface area contributed by atoms with Gasteiger partial charge >= 0.3 is 0 Å². The summed E-state index contributed by atoms with van der Waals surface area (Å²) < 4.78 is 6.22. The van der Waals surface area contributed by atoms with Crippen molar-refractivity contribution >= 4 is 17.3 Å². The van der Waals surface area contributed by atoms with Crippen molar-refractivity contribution in [1.29, 1.82) is 0 Å². The van der Waals surface area contributed by atoms with Gasteiger partial charge in [-0.25, -0.2) is 0 Å². The fourth-order valence-electron chi connectivity index (χ4n) is 4.14. The van der Waals surface area contributed by atoms with Gasteiger partial charge in [0.15, 0.2) is 0 Å². The second kappa shape index (κ2) is 9.18. The van der Waals surface area contributed by atoms with E-state index in [0.717, 1.165) is 17.8 Å². The summed E-state index contributed by atoms with van der Waals surface area (Å²) in [6.07, 6.45) is 3.67. The molecule has 3 rings (SSSR count). The number of nitrogens with zero attached hydrogens (tertiary/aromatic N) is 1. The SMILES string of the molecule is CC(C)[C@@H]1CC[C@@H](C)C[C@H]1OCC(=O)N(c1ccccc1)c1ccccc1. The number of hydrogen-bond acceptors (Lipinski definition) is 2. The standard InChI is InChI=1S/C24H31NO2/c1-18(2)22-15-14-19(3)16-23(22)27-17-24(26)25(20-10-6-4-7-11-20)21-12-8-5-9-13-21/h4-13,18-19,22-23H,14-17H2,1-3H3/t19-,22+,23-/m1/s1. The van der Waals surface area contributed by atoms with Crippen molar-refractivity contribution in [2.24, 2.45) is 17.8 Å². The number of ether oxygens (including phenoxy) is 1. The summed E-state index contributed by atoms with van der Waals surface area (Å²) >= 11 is 0. The lowest BCUT2D eigenvalue weighted by Gasteiger charge is -2.37. The predicted molar refractivity (Wildman–Crippen MR) is 111 cm³/mol. The number of carbonyl (C=O) groups is 1. The molecule has 0 unspecified atom stereocenters. The van der Waals surface area contributed by atoms with E-state index < -0.39 is 0 Å². The summed E-state index contributed by atoms with van der Waals surface area (Å²) in [6, 6.07) is 19.6. The van der Waals surface area contributed by atoms with Gasteiger partial charge in [-0.15, -0.1) is 0 Å². The molecule has 3 heteroatoms. The molecule has 1 amide bonds.